The lowest BCUT2D eigenvalue weighted by atomic mass is 10.1. The van der Waals surface area contributed by atoms with Crippen LogP contribution in [0.3, 0.4) is 0 Å². The molecule has 0 bridgehead atoms. The zero-order valence-electron chi connectivity index (χ0n) is 14.8. The molecule has 29 heavy (non-hydrogen) atoms. The Balaban J connectivity index is 1.77. The molecule has 1 fully saturated rings. The number of halogens is 3. The number of carbonyl (C=O) groups excluding carboxylic acids is 1. The van der Waals surface area contributed by atoms with Crippen LogP contribution in [0.1, 0.15) is 21.7 Å². The molecule has 0 unspecified atom stereocenters. The highest BCUT2D eigenvalue weighted by molar-refractivity contribution is 7.89. The Morgan fingerprint density at radius 1 is 1.14 bits per heavy atom. The number of sulfonamides is 1. The fourth-order valence-corrected chi connectivity index (χ4v) is 4.30. The number of nitriles is 1. The lowest BCUT2D eigenvalue weighted by Gasteiger charge is -2.35. The number of anilines is 1. The average Bonchev–Trinajstić information content (AvgIpc) is 3.18. The number of furan rings is 1. The van der Waals surface area contributed by atoms with Crippen LogP contribution in [-0.4, -0.2) is 44.8 Å². The Hall–Kier alpha value is -3.04. The molecule has 1 aromatic carbocycles. The summed E-state index contributed by atoms with van der Waals surface area (Å²) in [5.41, 5.74) is 3.76. The summed E-state index contributed by atoms with van der Waals surface area (Å²) in [5.74, 6) is -1.20. The van der Waals surface area contributed by atoms with Gasteiger partial charge in [-0.2, -0.15) is 22.7 Å². The minimum atomic E-state index is -4.68. The maximum atomic E-state index is 13.1. The van der Waals surface area contributed by atoms with E-state index < -0.39 is 38.3 Å². The van der Waals surface area contributed by atoms with Gasteiger partial charge in [0, 0.05) is 31.9 Å². The van der Waals surface area contributed by atoms with Crippen LogP contribution in [0.4, 0.5) is 18.9 Å². The molecular formula is C17H15F3N4O4S. The summed E-state index contributed by atoms with van der Waals surface area (Å²) < 4.78 is 70.8. The van der Waals surface area contributed by atoms with Crippen molar-refractivity contribution in [3.05, 3.63) is 47.2 Å². The van der Waals surface area contributed by atoms with Crippen LogP contribution >= 0.6 is 0 Å². The Morgan fingerprint density at radius 2 is 1.79 bits per heavy atom. The summed E-state index contributed by atoms with van der Waals surface area (Å²) in [6, 6.07) is 7.16. The molecule has 1 aliphatic rings. The van der Waals surface area contributed by atoms with Gasteiger partial charge in [-0.3, -0.25) is 4.79 Å². The topological polar surface area (TPSA) is 121 Å². The smallest absolute Gasteiger partial charge is 0.417 e. The lowest BCUT2D eigenvalue weighted by molar-refractivity contribution is -0.137. The average molecular weight is 428 g/mol. The number of nitrogens with zero attached hydrogens (tertiary/aromatic N) is 3. The molecule has 2 heterocycles. The summed E-state index contributed by atoms with van der Waals surface area (Å²) in [6.45, 7) is 0.254. The van der Waals surface area contributed by atoms with Crippen LogP contribution in [-0.2, 0) is 16.2 Å². The molecule has 0 spiro atoms. The quantitative estimate of drug-likeness (QED) is 0.793. The van der Waals surface area contributed by atoms with Crippen molar-refractivity contribution in [2.75, 3.05) is 31.1 Å². The van der Waals surface area contributed by atoms with Crippen LogP contribution in [0.25, 0.3) is 0 Å². The van der Waals surface area contributed by atoms with Gasteiger partial charge < -0.3 is 15.1 Å². The fourth-order valence-electron chi connectivity index (χ4n) is 2.97. The van der Waals surface area contributed by atoms with Crippen molar-refractivity contribution >= 4 is 21.6 Å². The molecule has 1 amide bonds. The Morgan fingerprint density at radius 3 is 2.31 bits per heavy atom. The van der Waals surface area contributed by atoms with Crippen molar-refractivity contribution in [1.29, 1.82) is 5.26 Å². The highest BCUT2D eigenvalue weighted by Crippen LogP contribution is 2.34. The van der Waals surface area contributed by atoms with Gasteiger partial charge in [0.2, 0.25) is 5.09 Å². The summed E-state index contributed by atoms with van der Waals surface area (Å²) in [5, 5.41) is 8.44. The molecule has 2 N–H and O–H groups in total. The number of primary amides is 1. The monoisotopic (exact) mass is 428 g/mol. The van der Waals surface area contributed by atoms with E-state index in [0.29, 0.717) is 0 Å². The van der Waals surface area contributed by atoms with E-state index in [-0.39, 0.29) is 37.6 Å². The lowest BCUT2D eigenvalue weighted by Crippen LogP contribution is -2.48. The van der Waals surface area contributed by atoms with E-state index >= 15 is 0 Å². The Bertz CT molecular complexity index is 1080. The summed E-state index contributed by atoms with van der Waals surface area (Å²) in [4.78, 5) is 12.7. The van der Waals surface area contributed by atoms with Crippen LogP contribution in [0.15, 0.2) is 39.8 Å². The maximum absolute atomic E-state index is 13.1. The Labute approximate surface area is 164 Å². The first-order chi connectivity index (χ1) is 13.5. The predicted octanol–water partition coefficient (Wildman–Crippen LogP) is 1.78. The standard InChI is InChI=1S/C17H15F3N4O4S/c18-17(19,20)13-9-12(2-1-11(13)10-21)23-5-7-24(8-6-23)29(26,27)15-4-3-14(28-15)16(22)25/h1-4,9H,5-8H2,(H2,22,25). The van der Waals surface area contributed by atoms with Crippen molar-refractivity contribution in [3.63, 3.8) is 0 Å². The zero-order chi connectivity index (χ0) is 21.4. The largest absolute Gasteiger partial charge is 0.438 e. The number of nitrogens with two attached hydrogens (primary N) is 1. The van der Waals surface area contributed by atoms with Crippen LogP contribution in [0, 0.1) is 11.3 Å². The van der Waals surface area contributed by atoms with Gasteiger partial charge >= 0.3 is 6.18 Å². The second kappa shape index (κ2) is 7.41. The molecule has 0 saturated carbocycles. The third-order valence-electron chi connectivity index (χ3n) is 4.45. The maximum Gasteiger partial charge on any atom is 0.417 e. The minimum absolute atomic E-state index is 0.00368. The third kappa shape index (κ3) is 4.06. The fraction of sp³-hybridized carbons (Fsp3) is 0.294. The van der Waals surface area contributed by atoms with Gasteiger partial charge in [-0.25, -0.2) is 8.42 Å². The van der Waals surface area contributed by atoms with Gasteiger partial charge in [-0.15, -0.1) is 0 Å². The Kier molecular flexibility index (Phi) is 5.29. The van der Waals surface area contributed by atoms with Crippen LogP contribution in [0.5, 0.6) is 0 Å². The van der Waals surface area contributed by atoms with Gasteiger partial charge in [0.05, 0.1) is 17.2 Å². The highest BCUT2D eigenvalue weighted by Gasteiger charge is 2.35. The number of piperazine rings is 1. The molecule has 12 heteroatoms. The van der Waals surface area contributed by atoms with E-state index in [1.807, 2.05) is 0 Å². The van der Waals surface area contributed by atoms with E-state index in [0.717, 1.165) is 28.6 Å². The van der Waals surface area contributed by atoms with E-state index in [9.17, 15) is 26.4 Å². The van der Waals surface area contributed by atoms with Gasteiger partial charge in [0.25, 0.3) is 15.9 Å². The second-order valence-corrected chi connectivity index (χ2v) is 8.08. The normalized spacial score (nSPS) is 15.9. The summed E-state index contributed by atoms with van der Waals surface area (Å²) in [7, 11) is -4.01. The molecule has 3 rings (SSSR count). The molecule has 8 nitrogen and oxygen atoms in total. The first-order valence-corrected chi connectivity index (χ1v) is 9.74. The number of rotatable bonds is 4. The predicted molar refractivity (Wildman–Crippen MR) is 94.4 cm³/mol. The molecule has 1 saturated heterocycles. The molecule has 1 aromatic heterocycles. The first-order valence-electron chi connectivity index (χ1n) is 8.30. The van der Waals surface area contributed by atoms with E-state index in [1.54, 1.807) is 4.90 Å². The third-order valence-corrected chi connectivity index (χ3v) is 6.22. The van der Waals surface area contributed by atoms with E-state index in [4.69, 9.17) is 15.4 Å². The number of carbonyl (C=O) groups is 1. The van der Waals surface area contributed by atoms with Crippen LogP contribution in [0.2, 0.25) is 0 Å². The molecule has 154 valence electrons. The van der Waals surface area contributed by atoms with Gasteiger partial charge in [0.15, 0.2) is 5.76 Å². The summed E-state index contributed by atoms with van der Waals surface area (Å²) >= 11 is 0. The molecule has 0 atom stereocenters. The molecule has 0 aliphatic carbocycles. The molecular weight excluding hydrogens is 413 g/mol. The number of amides is 1. The number of hydrogen-bond acceptors (Lipinski definition) is 6. The van der Waals surface area contributed by atoms with E-state index in [1.165, 1.54) is 12.1 Å². The van der Waals surface area contributed by atoms with Crippen molar-refractivity contribution in [2.24, 2.45) is 5.73 Å². The van der Waals surface area contributed by atoms with E-state index in [2.05, 4.69) is 0 Å². The second-order valence-electron chi connectivity index (χ2n) is 6.21. The van der Waals surface area contributed by atoms with Crippen molar-refractivity contribution in [3.8, 4) is 6.07 Å². The SMILES string of the molecule is N#Cc1ccc(N2CCN(S(=O)(=O)c3ccc(C(N)=O)o3)CC2)cc1C(F)(F)F. The number of hydrogen-bond donors (Lipinski definition) is 1. The molecule has 1 aliphatic heterocycles. The zero-order valence-corrected chi connectivity index (χ0v) is 15.6. The van der Waals surface area contributed by atoms with Crippen molar-refractivity contribution < 1.29 is 30.8 Å². The highest BCUT2D eigenvalue weighted by atomic mass is 32.2. The van der Waals surface area contributed by atoms with Gasteiger partial charge in [-0.05, 0) is 30.3 Å². The number of alkyl halides is 3. The van der Waals surface area contributed by atoms with Gasteiger partial charge in [-0.1, -0.05) is 0 Å². The minimum Gasteiger partial charge on any atom is -0.438 e. The first kappa shape index (κ1) is 20.7. The summed E-state index contributed by atoms with van der Waals surface area (Å²) in [6.07, 6.45) is -4.68. The van der Waals surface area contributed by atoms with Gasteiger partial charge in [0.1, 0.15) is 0 Å². The van der Waals surface area contributed by atoms with Crippen molar-refractivity contribution in [2.45, 2.75) is 11.3 Å². The molecule has 2 aromatic rings. The molecule has 0 radical (unpaired) electrons. The number of benzene rings is 1. The van der Waals surface area contributed by atoms with Crippen molar-refractivity contribution in [1.82, 2.24) is 4.31 Å². The van der Waals surface area contributed by atoms with Crippen LogP contribution < -0.4 is 10.6 Å².